The van der Waals surface area contributed by atoms with Crippen molar-refractivity contribution in [1.29, 1.82) is 0 Å². The highest BCUT2D eigenvalue weighted by Gasteiger charge is 2.27. The van der Waals surface area contributed by atoms with Crippen molar-refractivity contribution < 1.29 is 4.79 Å². The average Bonchev–Trinajstić information content (AvgIpc) is 2.41. The zero-order chi connectivity index (χ0) is 14.7. The second kappa shape index (κ2) is 6.79. The number of benzene rings is 1. The highest BCUT2D eigenvalue weighted by atomic mass is 35.5. The lowest BCUT2D eigenvalue weighted by Gasteiger charge is -2.35. The van der Waals surface area contributed by atoms with Crippen molar-refractivity contribution in [3.05, 3.63) is 33.8 Å². The smallest absolute Gasteiger partial charge is 0.226 e. The predicted molar refractivity (Wildman–Crippen MR) is 83.4 cm³/mol. The van der Waals surface area contributed by atoms with Crippen LogP contribution in [0.5, 0.6) is 0 Å². The summed E-state index contributed by atoms with van der Waals surface area (Å²) in [5, 5.41) is 4.54. The molecule has 1 aliphatic rings. The number of rotatable bonds is 3. The Kier molecular flexibility index (Phi) is 5.30. The van der Waals surface area contributed by atoms with E-state index in [4.69, 9.17) is 23.2 Å². The molecule has 1 aromatic rings. The van der Waals surface area contributed by atoms with Gasteiger partial charge in [-0.3, -0.25) is 4.79 Å². The van der Waals surface area contributed by atoms with E-state index in [9.17, 15) is 4.79 Å². The zero-order valence-corrected chi connectivity index (χ0v) is 13.3. The summed E-state index contributed by atoms with van der Waals surface area (Å²) in [5.74, 6) is 0.124. The number of carbonyl (C=O) groups is 1. The first-order chi connectivity index (χ1) is 9.49. The van der Waals surface area contributed by atoms with Gasteiger partial charge in [-0.25, -0.2) is 0 Å². The number of piperazine rings is 1. The van der Waals surface area contributed by atoms with E-state index in [1.54, 1.807) is 6.07 Å². The Morgan fingerprint density at radius 1 is 1.50 bits per heavy atom. The fraction of sp³-hybridized carbons (Fsp3) is 0.533. The van der Waals surface area contributed by atoms with Crippen molar-refractivity contribution in [2.24, 2.45) is 5.92 Å². The van der Waals surface area contributed by atoms with Crippen LogP contribution in [0.25, 0.3) is 0 Å². The molecule has 5 heteroatoms. The average molecular weight is 315 g/mol. The molecule has 1 aliphatic heterocycles. The molecule has 0 radical (unpaired) electrons. The van der Waals surface area contributed by atoms with Crippen LogP contribution >= 0.6 is 23.2 Å². The van der Waals surface area contributed by atoms with Gasteiger partial charge in [-0.1, -0.05) is 36.2 Å². The minimum Gasteiger partial charge on any atom is -0.337 e. The van der Waals surface area contributed by atoms with Gasteiger partial charge in [0.2, 0.25) is 5.91 Å². The number of hydrogen-bond acceptors (Lipinski definition) is 2. The fourth-order valence-electron chi connectivity index (χ4n) is 2.56. The van der Waals surface area contributed by atoms with Crippen molar-refractivity contribution in [3.63, 3.8) is 0 Å². The molecule has 1 heterocycles. The van der Waals surface area contributed by atoms with Gasteiger partial charge in [0.05, 0.1) is 0 Å². The van der Waals surface area contributed by atoms with Crippen LogP contribution in [0, 0.1) is 5.92 Å². The Morgan fingerprint density at radius 2 is 2.25 bits per heavy atom. The third-order valence-electron chi connectivity index (χ3n) is 3.75. The quantitative estimate of drug-likeness (QED) is 0.930. The van der Waals surface area contributed by atoms with Crippen LogP contribution in [0.1, 0.15) is 19.4 Å². The molecule has 110 valence electrons. The van der Waals surface area contributed by atoms with Gasteiger partial charge in [-0.15, -0.1) is 0 Å². The van der Waals surface area contributed by atoms with Crippen molar-refractivity contribution in [2.45, 2.75) is 26.3 Å². The SMILES string of the molecule is CC(Cc1ccc(Cl)cc1Cl)C(=O)N1CCNC[C@@H]1C. The molecule has 0 aliphatic carbocycles. The maximum Gasteiger partial charge on any atom is 0.226 e. The Bertz CT molecular complexity index is 493. The minimum atomic E-state index is -0.0748. The molecule has 3 nitrogen and oxygen atoms in total. The normalized spacial score (nSPS) is 20.8. The summed E-state index contributed by atoms with van der Waals surface area (Å²) in [6.07, 6.45) is 0.644. The Hall–Kier alpha value is -0.770. The third-order valence-corrected chi connectivity index (χ3v) is 4.33. The summed E-state index contributed by atoms with van der Waals surface area (Å²) >= 11 is 12.1. The molecule has 1 unspecified atom stereocenters. The largest absolute Gasteiger partial charge is 0.337 e. The molecule has 1 aromatic carbocycles. The van der Waals surface area contributed by atoms with E-state index in [0.717, 1.165) is 25.2 Å². The number of halogens is 2. The standard InChI is InChI=1S/C15H20Cl2N2O/c1-10(7-12-3-4-13(16)8-14(12)17)15(20)19-6-5-18-9-11(19)2/h3-4,8,10-11,18H,5-7,9H2,1-2H3/t10?,11-/m0/s1. The number of nitrogens with one attached hydrogen (secondary N) is 1. The second-order valence-corrected chi connectivity index (χ2v) is 6.27. The van der Waals surface area contributed by atoms with Gasteiger partial charge in [0.1, 0.15) is 0 Å². The maximum absolute atomic E-state index is 12.5. The summed E-state index contributed by atoms with van der Waals surface area (Å²) in [6, 6.07) is 5.69. The Balaban J connectivity index is 2.03. The Labute approximate surface area is 130 Å². The van der Waals surface area contributed by atoms with Crippen LogP contribution in [-0.2, 0) is 11.2 Å². The molecule has 1 amide bonds. The molecule has 2 atom stereocenters. The van der Waals surface area contributed by atoms with Crippen LogP contribution in [0.15, 0.2) is 18.2 Å². The van der Waals surface area contributed by atoms with Gasteiger partial charge in [0.25, 0.3) is 0 Å². The molecular weight excluding hydrogens is 295 g/mol. The third kappa shape index (κ3) is 3.66. The van der Waals surface area contributed by atoms with Gasteiger partial charge in [-0.2, -0.15) is 0 Å². The van der Waals surface area contributed by atoms with Crippen molar-refractivity contribution >= 4 is 29.1 Å². The van der Waals surface area contributed by atoms with Crippen molar-refractivity contribution in [1.82, 2.24) is 10.2 Å². The molecule has 1 saturated heterocycles. The van der Waals surface area contributed by atoms with Crippen molar-refractivity contribution in [2.75, 3.05) is 19.6 Å². The number of hydrogen-bond donors (Lipinski definition) is 1. The first kappa shape index (κ1) is 15.6. The highest BCUT2D eigenvalue weighted by molar-refractivity contribution is 6.35. The molecule has 20 heavy (non-hydrogen) atoms. The fourth-order valence-corrected chi connectivity index (χ4v) is 3.04. The molecule has 1 N–H and O–H groups in total. The summed E-state index contributed by atoms with van der Waals surface area (Å²) < 4.78 is 0. The first-order valence-electron chi connectivity index (χ1n) is 6.94. The Morgan fingerprint density at radius 3 is 2.90 bits per heavy atom. The predicted octanol–water partition coefficient (Wildman–Crippen LogP) is 2.99. The second-order valence-electron chi connectivity index (χ2n) is 5.43. The lowest BCUT2D eigenvalue weighted by atomic mass is 9.98. The van der Waals surface area contributed by atoms with Crippen LogP contribution in [0.3, 0.4) is 0 Å². The lowest BCUT2D eigenvalue weighted by molar-refractivity contribution is -0.137. The summed E-state index contributed by atoms with van der Waals surface area (Å²) in [7, 11) is 0. The molecule has 1 fully saturated rings. The number of carbonyl (C=O) groups excluding carboxylic acids is 1. The van der Waals surface area contributed by atoms with E-state index < -0.39 is 0 Å². The van der Waals surface area contributed by atoms with Gasteiger partial charge in [-0.05, 0) is 31.0 Å². The van der Waals surface area contributed by atoms with Crippen LogP contribution in [-0.4, -0.2) is 36.5 Å². The van der Waals surface area contributed by atoms with E-state index in [0.29, 0.717) is 16.5 Å². The van der Waals surface area contributed by atoms with E-state index >= 15 is 0 Å². The monoisotopic (exact) mass is 314 g/mol. The molecular formula is C15H20Cl2N2O. The van der Waals surface area contributed by atoms with Crippen LogP contribution in [0.2, 0.25) is 10.0 Å². The lowest BCUT2D eigenvalue weighted by Crippen LogP contribution is -2.53. The zero-order valence-electron chi connectivity index (χ0n) is 11.8. The van der Waals surface area contributed by atoms with E-state index in [1.165, 1.54) is 0 Å². The molecule has 0 saturated carbocycles. The van der Waals surface area contributed by atoms with Crippen molar-refractivity contribution in [3.8, 4) is 0 Å². The van der Waals surface area contributed by atoms with Gasteiger partial charge in [0, 0.05) is 41.6 Å². The van der Waals surface area contributed by atoms with Gasteiger partial charge >= 0.3 is 0 Å². The van der Waals surface area contributed by atoms with Gasteiger partial charge < -0.3 is 10.2 Å². The molecule has 0 spiro atoms. The summed E-state index contributed by atoms with van der Waals surface area (Å²) in [6.45, 7) is 6.54. The summed E-state index contributed by atoms with van der Waals surface area (Å²) in [4.78, 5) is 14.5. The van der Waals surface area contributed by atoms with E-state index in [-0.39, 0.29) is 17.9 Å². The van der Waals surface area contributed by atoms with Crippen LogP contribution in [0.4, 0.5) is 0 Å². The van der Waals surface area contributed by atoms with E-state index in [1.807, 2.05) is 24.0 Å². The molecule has 0 bridgehead atoms. The number of amides is 1. The molecule has 0 aromatic heterocycles. The van der Waals surface area contributed by atoms with Crippen LogP contribution < -0.4 is 5.32 Å². The topological polar surface area (TPSA) is 32.3 Å². The highest BCUT2D eigenvalue weighted by Crippen LogP contribution is 2.24. The maximum atomic E-state index is 12.5. The summed E-state index contributed by atoms with van der Waals surface area (Å²) in [5.41, 5.74) is 0.972. The van der Waals surface area contributed by atoms with E-state index in [2.05, 4.69) is 12.2 Å². The number of nitrogens with zero attached hydrogens (tertiary/aromatic N) is 1. The first-order valence-corrected chi connectivity index (χ1v) is 7.69. The van der Waals surface area contributed by atoms with Gasteiger partial charge in [0.15, 0.2) is 0 Å². The molecule has 2 rings (SSSR count). The minimum absolute atomic E-state index is 0.0748.